The lowest BCUT2D eigenvalue weighted by Gasteiger charge is -2.24. The van der Waals surface area contributed by atoms with Crippen LogP contribution in [0.1, 0.15) is 45.7 Å². The first-order valence-corrected chi connectivity index (χ1v) is 10.1. The van der Waals surface area contributed by atoms with E-state index in [2.05, 4.69) is 21.2 Å². The molecule has 0 aromatic heterocycles. The SMILES string of the molecule is CC[C@@H](NC(=O)OC(C)(C)C)c1ccc(Cl)c(-c2ccc(Br)c(OC)c2)c1F. The summed E-state index contributed by atoms with van der Waals surface area (Å²) in [7, 11) is 1.54. The maximum absolute atomic E-state index is 15.5. The number of alkyl carbamates (subject to hydrolysis) is 1. The predicted octanol–water partition coefficient (Wildman–Crippen LogP) is 6.89. The van der Waals surface area contributed by atoms with Crippen molar-refractivity contribution >= 4 is 33.6 Å². The van der Waals surface area contributed by atoms with E-state index in [0.29, 0.717) is 23.3 Å². The lowest BCUT2D eigenvalue weighted by molar-refractivity contribution is 0.0501. The van der Waals surface area contributed by atoms with Crippen molar-refractivity contribution < 1.29 is 18.7 Å². The molecule has 2 rings (SSSR count). The third-order valence-electron chi connectivity index (χ3n) is 4.04. The van der Waals surface area contributed by atoms with Crippen molar-refractivity contribution in [3.8, 4) is 16.9 Å². The van der Waals surface area contributed by atoms with Gasteiger partial charge in [0.05, 0.1) is 22.6 Å². The lowest BCUT2D eigenvalue weighted by atomic mass is 9.97. The van der Waals surface area contributed by atoms with Crippen LogP contribution in [0, 0.1) is 5.82 Å². The summed E-state index contributed by atoms with van der Waals surface area (Å²) in [6.45, 7) is 7.18. The molecule has 2 aromatic carbocycles. The predicted molar refractivity (Wildman–Crippen MR) is 113 cm³/mol. The Morgan fingerprint density at radius 2 is 1.96 bits per heavy atom. The molecule has 0 saturated carbocycles. The molecular weight excluding hydrogens is 449 g/mol. The number of hydrogen-bond donors (Lipinski definition) is 1. The van der Waals surface area contributed by atoms with Gasteiger partial charge in [-0.2, -0.15) is 0 Å². The summed E-state index contributed by atoms with van der Waals surface area (Å²) in [6, 6.07) is 7.89. The topological polar surface area (TPSA) is 47.6 Å². The molecule has 7 heteroatoms. The second-order valence-corrected chi connectivity index (χ2v) is 8.54. The first-order valence-electron chi connectivity index (χ1n) is 8.88. The van der Waals surface area contributed by atoms with E-state index in [1.807, 2.05) is 6.92 Å². The van der Waals surface area contributed by atoms with Crippen molar-refractivity contribution in [2.45, 2.75) is 45.8 Å². The van der Waals surface area contributed by atoms with Gasteiger partial charge in [-0.3, -0.25) is 0 Å². The van der Waals surface area contributed by atoms with E-state index < -0.39 is 23.6 Å². The molecule has 0 aliphatic rings. The zero-order valence-corrected chi connectivity index (χ0v) is 18.9. The quantitative estimate of drug-likeness (QED) is 0.515. The summed E-state index contributed by atoms with van der Waals surface area (Å²) in [5, 5.41) is 3.01. The van der Waals surface area contributed by atoms with Gasteiger partial charge < -0.3 is 14.8 Å². The second-order valence-electron chi connectivity index (χ2n) is 7.28. The molecule has 0 spiro atoms. The average molecular weight is 473 g/mol. The minimum atomic E-state index is -0.639. The summed E-state index contributed by atoms with van der Waals surface area (Å²) < 4.78 is 26.8. The Hall–Kier alpha value is -1.79. The van der Waals surface area contributed by atoms with Crippen LogP contribution in [0.5, 0.6) is 5.75 Å². The number of ether oxygens (including phenoxy) is 2. The first-order chi connectivity index (χ1) is 13.1. The summed E-state index contributed by atoms with van der Waals surface area (Å²) >= 11 is 9.69. The van der Waals surface area contributed by atoms with E-state index in [9.17, 15) is 4.79 Å². The summed E-state index contributed by atoms with van der Waals surface area (Å²) in [5.74, 6) is 0.0806. The van der Waals surface area contributed by atoms with Crippen molar-refractivity contribution in [1.29, 1.82) is 0 Å². The Bertz CT molecular complexity index is 867. The van der Waals surface area contributed by atoms with Crippen LogP contribution in [-0.2, 0) is 4.74 Å². The minimum Gasteiger partial charge on any atom is -0.496 e. The third kappa shape index (κ3) is 5.39. The maximum Gasteiger partial charge on any atom is 0.408 e. The monoisotopic (exact) mass is 471 g/mol. The molecular formula is C21H24BrClFNO3. The highest BCUT2D eigenvalue weighted by Crippen LogP contribution is 2.38. The largest absolute Gasteiger partial charge is 0.496 e. The molecule has 0 radical (unpaired) electrons. The van der Waals surface area contributed by atoms with Gasteiger partial charge in [0, 0.05) is 11.1 Å². The normalized spacial score (nSPS) is 12.4. The van der Waals surface area contributed by atoms with Crippen molar-refractivity contribution in [1.82, 2.24) is 5.32 Å². The van der Waals surface area contributed by atoms with Crippen molar-refractivity contribution in [3.63, 3.8) is 0 Å². The van der Waals surface area contributed by atoms with Gasteiger partial charge >= 0.3 is 6.09 Å². The van der Waals surface area contributed by atoms with E-state index >= 15 is 4.39 Å². The summed E-state index contributed by atoms with van der Waals surface area (Å²) in [5.41, 5.74) is 0.542. The number of halogens is 3. The molecule has 1 amide bonds. The van der Waals surface area contributed by atoms with E-state index in [1.165, 1.54) is 7.11 Å². The van der Waals surface area contributed by atoms with Crippen LogP contribution in [0.15, 0.2) is 34.8 Å². The second kappa shape index (κ2) is 9.14. The Kier molecular flexibility index (Phi) is 7.34. The zero-order valence-electron chi connectivity index (χ0n) is 16.5. The zero-order chi connectivity index (χ0) is 21.1. The summed E-state index contributed by atoms with van der Waals surface area (Å²) in [6.07, 6.45) is -0.110. The van der Waals surface area contributed by atoms with E-state index in [1.54, 1.807) is 51.1 Å². The Balaban J connectivity index is 2.44. The van der Waals surface area contributed by atoms with E-state index in [0.717, 1.165) is 4.47 Å². The number of amides is 1. The number of hydrogen-bond acceptors (Lipinski definition) is 3. The number of carbonyl (C=O) groups is 1. The molecule has 0 fully saturated rings. The van der Waals surface area contributed by atoms with Crippen LogP contribution in [0.3, 0.4) is 0 Å². The molecule has 152 valence electrons. The highest BCUT2D eigenvalue weighted by molar-refractivity contribution is 9.10. The van der Waals surface area contributed by atoms with E-state index in [-0.39, 0.29) is 10.6 Å². The standard InChI is InChI=1S/C21H24BrClFNO3/c1-6-16(25-20(26)28-21(2,3)4)13-8-10-15(23)18(19(13)24)12-7-9-14(22)17(11-12)27-5/h7-11,16H,6H2,1-5H3,(H,25,26)/t16-/m1/s1. The van der Waals surface area contributed by atoms with E-state index in [4.69, 9.17) is 21.1 Å². The highest BCUT2D eigenvalue weighted by Gasteiger charge is 2.24. The van der Waals surface area contributed by atoms with Crippen LogP contribution in [-0.4, -0.2) is 18.8 Å². The molecule has 0 aliphatic carbocycles. The third-order valence-corrected chi connectivity index (χ3v) is 5.01. The molecule has 0 bridgehead atoms. The first kappa shape index (κ1) is 22.5. The van der Waals surface area contributed by atoms with Crippen molar-refractivity contribution in [3.05, 3.63) is 51.2 Å². The fraction of sp³-hybridized carbons (Fsp3) is 0.381. The van der Waals surface area contributed by atoms with Crippen LogP contribution in [0.4, 0.5) is 9.18 Å². The molecule has 1 N–H and O–H groups in total. The molecule has 0 aliphatic heterocycles. The van der Waals surface area contributed by atoms with Gasteiger partial charge in [-0.25, -0.2) is 9.18 Å². The number of methoxy groups -OCH3 is 1. The molecule has 2 aromatic rings. The molecule has 0 heterocycles. The molecule has 0 unspecified atom stereocenters. The van der Waals surface area contributed by atoms with Crippen LogP contribution >= 0.6 is 27.5 Å². The van der Waals surface area contributed by atoms with Crippen LogP contribution in [0.25, 0.3) is 11.1 Å². The summed E-state index contributed by atoms with van der Waals surface area (Å²) in [4.78, 5) is 12.2. The van der Waals surface area contributed by atoms with Gasteiger partial charge in [0.15, 0.2) is 0 Å². The number of nitrogens with one attached hydrogen (secondary N) is 1. The fourth-order valence-corrected chi connectivity index (χ4v) is 3.43. The minimum absolute atomic E-state index is 0.259. The number of carbonyl (C=O) groups excluding carboxylic acids is 1. The molecule has 28 heavy (non-hydrogen) atoms. The number of rotatable bonds is 5. The molecule has 1 atom stereocenters. The Morgan fingerprint density at radius 3 is 2.54 bits per heavy atom. The van der Waals surface area contributed by atoms with Crippen LogP contribution in [0.2, 0.25) is 5.02 Å². The van der Waals surface area contributed by atoms with Gasteiger partial charge in [0.25, 0.3) is 0 Å². The van der Waals surface area contributed by atoms with Gasteiger partial charge in [-0.15, -0.1) is 0 Å². The lowest BCUT2D eigenvalue weighted by Crippen LogP contribution is -2.35. The van der Waals surface area contributed by atoms with Crippen LogP contribution < -0.4 is 10.1 Å². The van der Waals surface area contributed by atoms with Crippen molar-refractivity contribution in [2.75, 3.05) is 7.11 Å². The van der Waals surface area contributed by atoms with Gasteiger partial charge in [0.2, 0.25) is 0 Å². The molecule has 4 nitrogen and oxygen atoms in total. The smallest absolute Gasteiger partial charge is 0.408 e. The number of benzene rings is 2. The van der Waals surface area contributed by atoms with Gasteiger partial charge in [0.1, 0.15) is 17.2 Å². The Labute approximate surface area is 178 Å². The molecule has 0 saturated heterocycles. The highest BCUT2D eigenvalue weighted by atomic mass is 79.9. The maximum atomic E-state index is 15.5. The van der Waals surface area contributed by atoms with Gasteiger partial charge in [-0.1, -0.05) is 30.7 Å². The Morgan fingerprint density at radius 1 is 1.29 bits per heavy atom. The fourth-order valence-electron chi connectivity index (χ4n) is 2.77. The van der Waals surface area contributed by atoms with Crippen molar-refractivity contribution in [2.24, 2.45) is 0 Å². The van der Waals surface area contributed by atoms with Gasteiger partial charge in [-0.05, 0) is 66.9 Å². The average Bonchev–Trinajstić information content (AvgIpc) is 2.60.